The first-order valence-electron chi connectivity index (χ1n) is 7.29. The highest BCUT2D eigenvalue weighted by atomic mass is 16.5. The smallest absolute Gasteiger partial charge is 0.118 e. The molecule has 3 heteroatoms. The molecule has 1 fully saturated rings. The largest absolute Gasteiger partial charge is 0.497 e. The topological polar surface area (TPSA) is 41.5 Å². The summed E-state index contributed by atoms with van der Waals surface area (Å²) >= 11 is 0. The van der Waals surface area contributed by atoms with E-state index in [1.165, 1.54) is 18.4 Å². The second-order valence-electron chi connectivity index (χ2n) is 5.37. The fraction of sp³-hybridized carbons (Fsp3) is 0.625. The third-order valence-electron chi connectivity index (χ3n) is 3.95. The fourth-order valence-electron chi connectivity index (χ4n) is 2.56. The molecule has 0 bridgehead atoms. The Kier molecular flexibility index (Phi) is 5.23. The Labute approximate surface area is 116 Å². The summed E-state index contributed by atoms with van der Waals surface area (Å²) in [6.45, 7) is 2.43. The number of rotatable bonds is 8. The van der Waals surface area contributed by atoms with Gasteiger partial charge in [-0.1, -0.05) is 19.1 Å². The highest BCUT2D eigenvalue weighted by Crippen LogP contribution is 2.41. The summed E-state index contributed by atoms with van der Waals surface area (Å²) in [7, 11) is 1.69. The minimum atomic E-state index is 0.255. The van der Waals surface area contributed by atoms with E-state index in [9.17, 15) is 0 Å². The van der Waals surface area contributed by atoms with Gasteiger partial charge in [0.05, 0.1) is 7.11 Å². The predicted molar refractivity (Wildman–Crippen MR) is 77.4 cm³/mol. The van der Waals surface area contributed by atoms with E-state index in [1.807, 2.05) is 12.1 Å². The van der Waals surface area contributed by atoms with Crippen molar-refractivity contribution >= 4 is 0 Å². The van der Waals surface area contributed by atoms with Crippen LogP contribution in [-0.4, -0.2) is 24.9 Å². The number of methoxy groups -OCH3 is 1. The molecule has 1 aromatic carbocycles. The van der Waals surface area contributed by atoms with Gasteiger partial charge in [-0.2, -0.15) is 0 Å². The van der Waals surface area contributed by atoms with Crippen LogP contribution in [0.4, 0.5) is 0 Å². The maximum atomic E-state index is 9.12. The lowest BCUT2D eigenvalue weighted by Crippen LogP contribution is -2.34. The molecule has 2 unspecified atom stereocenters. The van der Waals surface area contributed by atoms with Crippen molar-refractivity contribution in [3.8, 4) is 5.75 Å². The minimum Gasteiger partial charge on any atom is -0.497 e. The van der Waals surface area contributed by atoms with Gasteiger partial charge < -0.3 is 15.2 Å². The van der Waals surface area contributed by atoms with Crippen LogP contribution < -0.4 is 10.1 Å². The lowest BCUT2D eigenvalue weighted by Gasteiger charge is -2.25. The zero-order chi connectivity index (χ0) is 13.7. The average molecular weight is 263 g/mol. The quantitative estimate of drug-likeness (QED) is 0.758. The van der Waals surface area contributed by atoms with Gasteiger partial charge >= 0.3 is 0 Å². The van der Waals surface area contributed by atoms with Crippen LogP contribution >= 0.6 is 0 Å². The van der Waals surface area contributed by atoms with Crippen LogP contribution in [0.25, 0.3) is 0 Å². The highest BCUT2D eigenvalue weighted by Gasteiger charge is 2.33. The van der Waals surface area contributed by atoms with E-state index in [0.29, 0.717) is 12.1 Å². The molecule has 1 aliphatic carbocycles. The van der Waals surface area contributed by atoms with Crippen LogP contribution in [0.5, 0.6) is 5.75 Å². The second-order valence-corrected chi connectivity index (χ2v) is 5.37. The first-order chi connectivity index (χ1) is 9.28. The van der Waals surface area contributed by atoms with E-state index < -0.39 is 0 Å². The molecule has 0 radical (unpaired) electrons. The van der Waals surface area contributed by atoms with E-state index >= 15 is 0 Å². The van der Waals surface area contributed by atoms with Crippen LogP contribution in [0.2, 0.25) is 0 Å². The molecule has 2 N–H and O–H groups in total. The van der Waals surface area contributed by atoms with Gasteiger partial charge in [-0.15, -0.1) is 0 Å². The molecule has 1 saturated carbocycles. The van der Waals surface area contributed by atoms with Crippen molar-refractivity contribution in [2.75, 3.05) is 13.7 Å². The summed E-state index contributed by atoms with van der Waals surface area (Å²) in [6, 6.07) is 9.18. The second kappa shape index (κ2) is 6.92. The highest BCUT2D eigenvalue weighted by molar-refractivity contribution is 5.30. The van der Waals surface area contributed by atoms with Gasteiger partial charge in [0.15, 0.2) is 0 Å². The van der Waals surface area contributed by atoms with Crippen LogP contribution in [0, 0.1) is 5.92 Å². The van der Waals surface area contributed by atoms with Crippen molar-refractivity contribution in [2.24, 2.45) is 5.92 Å². The zero-order valence-corrected chi connectivity index (χ0v) is 11.9. The molecular formula is C16H25NO2. The molecule has 106 valence electrons. The lowest BCUT2D eigenvalue weighted by atomic mass is 10.00. The molecular weight excluding hydrogens is 238 g/mol. The molecule has 0 spiro atoms. The SMILES string of the molecule is CCC(CCO)NC(c1ccc(OC)cc1)C1CC1. The summed E-state index contributed by atoms with van der Waals surface area (Å²) in [4.78, 5) is 0. The molecule has 0 heterocycles. The van der Waals surface area contributed by atoms with Crippen molar-refractivity contribution in [3.63, 3.8) is 0 Å². The monoisotopic (exact) mass is 263 g/mol. The van der Waals surface area contributed by atoms with E-state index in [0.717, 1.165) is 24.5 Å². The third kappa shape index (κ3) is 3.95. The predicted octanol–water partition coefficient (Wildman–Crippen LogP) is 2.90. The Balaban J connectivity index is 2.05. The number of aliphatic hydroxyl groups is 1. The third-order valence-corrected chi connectivity index (χ3v) is 3.95. The maximum Gasteiger partial charge on any atom is 0.118 e. The number of ether oxygens (including phenoxy) is 1. The van der Waals surface area contributed by atoms with Crippen LogP contribution in [0.15, 0.2) is 24.3 Å². The average Bonchev–Trinajstić information content (AvgIpc) is 3.28. The first-order valence-corrected chi connectivity index (χ1v) is 7.29. The van der Waals surface area contributed by atoms with Crippen LogP contribution in [0.1, 0.15) is 44.2 Å². The zero-order valence-electron chi connectivity index (χ0n) is 11.9. The normalized spacial score (nSPS) is 18.1. The van der Waals surface area contributed by atoms with Crippen molar-refractivity contribution in [1.29, 1.82) is 0 Å². The summed E-state index contributed by atoms with van der Waals surface area (Å²) in [5.74, 6) is 1.65. The molecule has 0 aliphatic heterocycles. The maximum absolute atomic E-state index is 9.12. The van der Waals surface area contributed by atoms with Crippen LogP contribution in [0.3, 0.4) is 0 Å². The number of nitrogens with one attached hydrogen (secondary N) is 1. The molecule has 3 nitrogen and oxygen atoms in total. The number of aliphatic hydroxyl groups excluding tert-OH is 1. The molecule has 1 aliphatic rings. The van der Waals surface area contributed by atoms with Crippen molar-refractivity contribution in [1.82, 2.24) is 5.32 Å². The van der Waals surface area contributed by atoms with E-state index in [1.54, 1.807) is 7.11 Å². The van der Waals surface area contributed by atoms with E-state index in [2.05, 4.69) is 24.4 Å². The molecule has 0 saturated heterocycles. The van der Waals surface area contributed by atoms with Crippen molar-refractivity contribution in [2.45, 2.75) is 44.7 Å². The van der Waals surface area contributed by atoms with Gasteiger partial charge in [0.1, 0.15) is 5.75 Å². The Morgan fingerprint density at radius 3 is 2.47 bits per heavy atom. The summed E-state index contributed by atoms with van der Waals surface area (Å²) in [5, 5.41) is 12.8. The van der Waals surface area contributed by atoms with Gasteiger partial charge in [-0.3, -0.25) is 0 Å². The molecule has 2 atom stereocenters. The van der Waals surface area contributed by atoms with Gasteiger partial charge in [-0.25, -0.2) is 0 Å². The van der Waals surface area contributed by atoms with Gasteiger partial charge in [0.2, 0.25) is 0 Å². The lowest BCUT2D eigenvalue weighted by molar-refractivity contribution is 0.252. The Morgan fingerprint density at radius 1 is 1.32 bits per heavy atom. The molecule has 0 amide bonds. The minimum absolute atomic E-state index is 0.255. The fourth-order valence-corrected chi connectivity index (χ4v) is 2.56. The molecule has 1 aromatic rings. The molecule has 0 aromatic heterocycles. The van der Waals surface area contributed by atoms with Gasteiger partial charge in [0, 0.05) is 18.7 Å². The van der Waals surface area contributed by atoms with Crippen molar-refractivity contribution < 1.29 is 9.84 Å². The Morgan fingerprint density at radius 2 is 2.00 bits per heavy atom. The van der Waals surface area contributed by atoms with Gasteiger partial charge in [0.25, 0.3) is 0 Å². The Bertz CT molecular complexity index is 373. The molecule has 19 heavy (non-hydrogen) atoms. The van der Waals surface area contributed by atoms with Crippen LogP contribution in [-0.2, 0) is 0 Å². The number of hydrogen-bond donors (Lipinski definition) is 2. The Hall–Kier alpha value is -1.06. The summed E-state index contributed by atoms with van der Waals surface area (Å²) in [6.07, 6.45) is 4.49. The number of hydrogen-bond acceptors (Lipinski definition) is 3. The molecule has 2 rings (SSSR count). The standard InChI is InChI=1S/C16H25NO2/c1-3-14(10-11-18)17-16(12-4-5-12)13-6-8-15(19-2)9-7-13/h6-9,12,14,16-18H,3-5,10-11H2,1-2H3. The van der Waals surface area contributed by atoms with E-state index in [4.69, 9.17) is 9.84 Å². The van der Waals surface area contributed by atoms with Crippen molar-refractivity contribution in [3.05, 3.63) is 29.8 Å². The van der Waals surface area contributed by atoms with Gasteiger partial charge in [-0.05, 0) is 49.3 Å². The summed E-state index contributed by atoms with van der Waals surface area (Å²) in [5.41, 5.74) is 1.33. The summed E-state index contributed by atoms with van der Waals surface area (Å²) < 4.78 is 5.21. The van der Waals surface area contributed by atoms with E-state index in [-0.39, 0.29) is 6.61 Å². The first kappa shape index (κ1) is 14.4. The number of benzene rings is 1.